The summed E-state index contributed by atoms with van der Waals surface area (Å²) in [6.45, 7) is 0. The molecule has 9 heteroatoms. The molecular formula is C12H8Cl2N6O. The molecule has 3 rings (SSSR count). The van der Waals surface area contributed by atoms with E-state index >= 15 is 0 Å². The lowest BCUT2D eigenvalue weighted by atomic mass is 10.3. The number of halogens is 2. The summed E-state index contributed by atoms with van der Waals surface area (Å²) in [5.74, 6) is 0.626. The summed E-state index contributed by atoms with van der Waals surface area (Å²) in [5.41, 5.74) is 5.65. The molecule has 0 atom stereocenters. The number of hydrogen-bond acceptors (Lipinski definition) is 6. The minimum absolute atomic E-state index is 0.00960. The maximum Gasteiger partial charge on any atom is 0.328 e. The highest BCUT2D eigenvalue weighted by molar-refractivity contribution is 6.42. The number of hydrogen-bond donors (Lipinski definition) is 1. The standard InChI is InChI=1S/C12H8Cl2N6O/c13-7-2-1-3-8(9(7)14)21-12-18-10(15)17-11(19-12)20-5-4-16-6-20/h1-6H,(H2,15,17,18,19). The Kier molecular flexibility index (Phi) is 3.59. The van der Waals surface area contributed by atoms with E-state index in [1.54, 1.807) is 35.2 Å². The lowest BCUT2D eigenvalue weighted by molar-refractivity contribution is 0.439. The van der Waals surface area contributed by atoms with Gasteiger partial charge in [-0.2, -0.15) is 15.0 Å². The summed E-state index contributed by atoms with van der Waals surface area (Å²) in [6, 6.07) is 5.00. The molecule has 0 unspecified atom stereocenters. The molecule has 0 bridgehead atoms. The number of rotatable bonds is 3. The zero-order chi connectivity index (χ0) is 14.8. The molecular weight excluding hydrogens is 315 g/mol. The normalized spacial score (nSPS) is 10.6. The van der Waals surface area contributed by atoms with E-state index in [0.29, 0.717) is 10.8 Å². The predicted molar refractivity (Wildman–Crippen MR) is 77.9 cm³/mol. The van der Waals surface area contributed by atoms with E-state index in [9.17, 15) is 0 Å². The molecule has 0 fully saturated rings. The van der Waals surface area contributed by atoms with Crippen molar-refractivity contribution in [2.45, 2.75) is 0 Å². The van der Waals surface area contributed by atoms with Crippen molar-refractivity contribution in [3.63, 3.8) is 0 Å². The Labute approximate surface area is 129 Å². The molecule has 2 aromatic heterocycles. The summed E-state index contributed by atoms with van der Waals surface area (Å²) < 4.78 is 7.09. The lowest BCUT2D eigenvalue weighted by Crippen LogP contribution is -2.06. The van der Waals surface area contributed by atoms with E-state index in [4.69, 9.17) is 33.7 Å². The molecule has 1 aromatic carbocycles. The molecule has 21 heavy (non-hydrogen) atoms. The van der Waals surface area contributed by atoms with Crippen molar-refractivity contribution in [2.75, 3.05) is 5.73 Å². The number of nitrogen functional groups attached to an aromatic ring is 1. The van der Waals surface area contributed by atoms with Gasteiger partial charge in [0, 0.05) is 12.4 Å². The van der Waals surface area contributed by atoms with Crippen molar-refractivity contribution in [1.29, 1.82) is 0 Å². The Morgan fingerprint density at radius 1 is 1.14 bits per heavy atom. The second-order valence-corrected chi connectivity index (χ2v) is 4.69. The quantitative estimate of drug-likeness (QED) is 0.797. The largest absolute Gasteiger partial charge is 0.422 e. The maximum absolute atomic E-state index is 6.05. The molecule has 2 N–H and O–H groups in total. The molecule has 0 radical (unpaired) electrons. The lowest BCUT2D eigenvalue weighted by Gasteiger charge is -2.08. The zero-order valence-corrected chi connectivity index (χ0v) is 12.0. The Hall–Kier alpha value is -2.38. The molecule has 0 aliphatic rings. The van der Waals surface area contributed by atoms with E-state index in [2.05, 4.69) is 19.9 Å². The first-order valence-corrected chi connectivity index (χ1v) is 6.51. The van der Waals surface area contributed by atoms with Gasteiger partial charge in [0.25, 0.3) is 0 Å². The van der Waals surface area contributed by atoms with E-state index < -0.39 is 0 Å². The summed E-state index contributed by atoms with van der Waals surface area (Å²) in [6.07, 6.45) is 4.80. The summed E-state index contributed by atoms with van der Waals surface area (Å²) in [4.78, 5) is 16.0. The van der Waals surface area contributed by atoms with Gasteiger partial charge in [-0.25, -0.2) is 4.98 Å². The Morgan fingerprint density at radius 2 is 2.00 bits per heavy atom. The van der Waals surface area contributed by atoms with Crippen LogP contribution in [0, 0.1) is 0 Å². The van der Waals surface area contributed by atoms with E-state index in [1.165, 1.54) is 6.33 Å². The monoisotopic (exact) mass is 322 g/mol. The molecule has 3 aromatic rings. The van der Waals surface area contributed by atoms with Crippen molar-refractivity contribution >= 4 is 29.2 Å². The average molecular weight is 323 g/mol. The van der Waals surface area contributed by atoms with Crippen LogP contribution in [0.15, 0.2) is 36.9 Å². The summed E-state index contributed by atoms with van der Waals surface area (Å²) in [5, 5.41) is 0.633. The third-order valence-corrected chi connectivity index (χ3v) is 3.27. The average Bonchev–Trinajstić information content (AvgIpc) is 2.97. The van der Waals surface area contributed by atoms with Crippen molar-refractivity contribution in [3.05, 3.63) is 47.0 Å². The van der Waals surface area contributed by atoms with Crippen molar-refractivity contribution in [1.82, 2.24) is 24.5 Å². The number of benzene rings is 1. The fourth-order valence-electron chi connectivity index (χ4n) is 1.56. The molecule has 0 saturated carbocycles. The third kappa shape index (κ3) is 2.88. The van der Waals surface area contributed by atoms with E-state index in [1.807, 2.05) is 0 Å². The van der Waals surface area contributed by atoms with E-state index in [-0.39, 0.29) is 22.9 Å². The molecule has 2 heterocycles. The first kappa shape index (κ1) is 13.6. The SMILES string of the molecule is Nc1nc(Oc2cccc(Cl)c2Cl)nc(-n2ccnc2)n1. The Bertz CT molecular complexity index is 777. The van der Waals surface area contributed by atoms with Crippen LogP contribution in [0.2, 0.25) is 10.0 Å². The van der Waals surface area contributed by atoms with Gasteiger partial charge < -0.3 is 10.5 Å². The number of nitrogens with zero attached hydrogens (tertiary/aromatic N) is 5. The number of imidazole rings is 1. The van der Waals surface area contributed by atoms with Gasteiger partial charge in [0.05, 0.1) is 5.02 Å². The fraction of sp³-hybridized carbons (Fsp3) is 0. The van der Waals surface area contributed by atoms with Crippen LogP contribution in [0.5, 0.6) is 11.8 Å². The van der Waals surface area contributed by atoms with Crippen LogP contribution in [0.4, 0.5) is 5.95 Å². The number of aromatic nitrogens is 5. The van der Waals surface area contributed by atoms with Gasteiger partial charge in [0.1, 0.15) is 11.3 Å². The highest BCUT2D eigenvalue weighted by atomic mass is 35.5. The van der Waals surface area contributed by atoms with Crippen LogP contribution < -0.4 is 10.5 Å². The smallest absolute Gasteiger partial charge is 0.328 e. The van der Waals surface area contributed by atoms with Gasteiger partial charge in [-0.15, -0.1) is 0 Å². The molecule has 106 valence electrons. The molecule has 0 aliphatic carbocycles. The Morgan fingerprint density at radius 3 is 2.76 bits per heavy atom. The second-order valence-electron chi connectivity index (χ2n) is 3.90. The van der Waals surface area contributed by atoms with Gasteiger partial charge in [-0.1, -0.05) is 29.3 Å². The van der Waals surface area contributed by atoms with Gasteiger partial charge in [0.15, 0.2) is 5.75 Å². The number of anilines is 1. The van der Waals surface area contributed by atoms with Crippen LogP contribution in [-0.4, -0.2) is 24.5 Å². The molecule has 7 nitrogen and oxygen atoms in total. The van der Waals surface area contributed by atoms with Crippen LogP contribution >= 0.6 is 23.2 Å². The van der Waals surface area contributed by atoms with Crippen LogP contribution in [0.25, 0.3) is 5.95 Å². The third-order valence-electron chi connectivity index (χ3n) is 2.47. The molecule has 0 saturated heterocycles. The summed E-state index contributed by atoms with van der Waals surface area (Å²) in [7, 11) is 0. The molecule has 0 aliphatic heterocycles. The van der Waals surface area contributed by atoms with Gasteiger partial charge >= 0.3 is 6.01 Å². The highest BCUT2D eigenvalue weighted by Crippen LogP contribution is 2.33. The van der Waals surface area contributed by atoms with Crippen molar-refractivity contribution in [2.24, 2.45) is 0 Å². The topological polar surface area (TPSA) is 91.7 Å². The number of nitrogens with two attached hydrogens (primary N) is 1. The first-order valence-electron chi connectivity index (χ1n) is 5.75. The van der Waals surface area contributed by atoms with E-state index in [0.717, 1.165) is 0 Å². The van der Waals surface area contributed by atoms with Gasteiger partial charge in [0.2, 0.25) is 11.9 Å². The molecule has 0 spiro atoms. The van der Waals surface area contributed by atoms with Crippen LogP contribution in [0.1, 0.15) is 0 Å². The second kappa shape index (κ2) is 5.55. The fourth-order valence-corrected chi connectivity index (χ4v) is 1.89. The Balaban J connectivity index is 1.98. The minimum Gasteiger partial charge on any atom is -0.422 e. The van der Waals surface area contributed by atoms with Crippen LogP contribution in [0.3, 0.4) is 0 Å². The summed E-state index contributed by atoms with van der Waals surface area (Å²) >= 11 is 12.0. The van der Waals surface area contributed by atoms with Gasteiger partial charge in [-0.05, 0) is 12.1 Å². The van der Waals surface area contributed by atoms with Crippen molar-refractivity contribution in [3.8, 4) is 17.7 Å². The minimum atomic E-state index is 0.00960. The number of ether oxygens (including phenoxy) is 1. The molecule has 0 amide bonds. The predicted octanol–water partition coefficient (Wildman–Crippen LogP) is 2.74. The first-order chi connectivity index (χ1) is 10.1. The maximum atomic E-state index is 6.05. The van der Waals surface area contributed by atoms with Crippen LogP contribution in [-0.2, 0) is 0 Å². The van der Waals surface area contributed by atoms with Gasteiger partial charge in [-0.3, -0.25) is 4.57 Å². The van der Waals surface area contributed by atoms with Crippen molar-refractivity contribution < 1.29 is 4.74 Å². The zero-order valence-electron chi connectivity index (χ0n) is 10.4. The highest BCUT2D eigenvalue weighted by Gasteiger charge is 2.11.